The molecule has 0 aliphatic carbocycles. The summed E-state index contributed by atoms with van der Waals surface area (Å²) in [6, 6.07) is 13.8. The molecule has 1 amide bonds. The number of anilines is 1. The topological polar surface area (TPSA) is 44.9 Å². The van der Waals surface area contributed by atoms with Crippen molar-refractivity contribution < 1.29 is 4.79 Å². The van der Waals surface area contributed by atoms with Gasteiger partial charge in [0.2, 0.25) is 0 Å². The molecule has 1 heterocycles. The van der Waals surface area contributed by atoms with Crippen molar-refractivity contribution in [3.63, 3.8) is 0 Å². The molecule has 0 saturated heterocycles. The van der Waals surface area contributed by atoms with E-state index in [9.17, 15) is 4.79 Å². The van der Waals surface area contributed by atoms with Crippen molar-refractivity contribution in [2.75, 3.05) is 5.32 Å². The molecule has 0 atom stereocenters. The van der Waals surface area contributed by atoms with Gasteiger partial charge >= 0.3 is 0 Å². The number of hydrogen-bond donors (Lipinski definition) is 2. The van der Waals surface area contributed by atoms with Gasteiger partial charge in [-0.2, -0.15) is 0 Å². The molecule has 3 nitrogen and oxygen atoms in total. The molecule has 106 valence electrons. The van der Waals surface area contributed by atoms with E-state index in [2.05, 4.69) is 33.2 Å². The van der Waals surface area contributed by atoms with Crippen LogP contribution in [-0.4, -0.2) is 10.9 Å². The molecule has 2 N–H and O–H groups in total. The smallest absolute Gasteiger partial charge is 0.257 e. The number of benzene rings is 2. The van der Waals surface area contributed by atoms with Crippen LogP contribution in [0.25, 0.3) is 10.9 Å². The molecule has 2 aromatic carbocycles. The molecule has 3 aromatic rings. The van der Waals surface area contributed by atoms with E-state index in [4.69, 9.17) is 0 Å². The first-order chi connectivity index (χ1) is 10.2. The van der Waals surface area contributed by atoms with Crippen LogP contribution in [0, 0.1) is 0 Å². The van der Waals surface area contributed by atoms with E-state index in [1.165, 1.54) is 5.56 Å². The van der Waals surface area contributed by atoms with Gasteiger partial charge in [0.1, 0.15) is 0 Å². The summed E-state index contributed by atoms with van der Waals surface area (Å²) >= 11 is 3.51. The van der Waals surface area contributed by atoms with E-state index < -0.39 is 0 Å². The Morgan fingerprint density at radius 3 is 2.81 bits per heavy atom. The number of aromatic nitrogens is 1. The van der Waals surface area contributed by atoms with Crippen LogP contribution in [0.1, 0.15) is 22.8 Å². The number of aromatic amines is 1. The monoisotopic (exact) mass is 342 g/mol. The first-order valence-corrected chi connectivity index (χ1v) is 7.64. The average Bonchev–Trinajstić information content (AvgIpc) is 2.93. The molecule has 0 fully saturated rings. The van der Waals surface area contributed by atoms with Gasteiger partial charge in [0.25, 0.3) is 5.91 Å². The molecular formula is C17H15BrN2O. The van der Waals surface area contributed by atoms with Crippen molar-refractivity contribution in [3.05, 3.63) is 64.3 Å². The van der Waals surface area contributed by atoms with E-state index in [1.807, 2.05) is 42.5 Å². The normalized spacial score (nSPS) is 10.8. The lowest BCUT2D eigenvalue weighted by Gasteiger charge is -2.08. The molecule has 21 heavy (non-hydrogen) atoms. The molecule has 1 aromatic heterocycles. The van der Waals surface area contributed by atoms with Crippen molar-refractivity contribution in [2.45, 2.75) is 13.3 Å². The molecule has 0 saturated carbocycles. The fourth-order valence-electron chi connectivity index (χ4n) is 2.33. The van der Waals surface area contributed by atoms with Gasteiger partial charge in [-0.3, -0.25) is 4.79 Å². The lowest BCUT2D eigenvalue weighted by atomic mass is 10.1. The highest BCUT2D eigenvalue weighted by molar-refractivity contribution is 9.10. The SMILES string of the molecule is CCc1ccc(NC(=O)c2c[nH]c3ccccc23)c(Br)c1. The van der Waals surface area contributed by atoms with Crippen molar-refractivity contribution in [1.82, 2.24) is 4.98 Å². The molecular weight excluding hydrogens is 328 g/mol. The lowest BCUT2D eigenvalue weighted by molar-refractivity contribution is 0.102. The largest absolute Gasteiger partial charge is 0.360 e. The fraction of sp³-hybridized carbons (Fsp3) is 0.118. The molecule has 0 unspecified atom stereocenters. The van der Waals surface area contributed by atoms with Crippen LogP contribution in [0.15, 0.2) is 53.1 Å². The van der Waals surface area contributed by atoms with Gasteiger partial charge in [-0.15, -0.1) is 0 Å². The summed E-state index contributed by atoms with van der Waals surface area (Å²) in [5, 5.41) is 3.88. The first-order valence-electron chi connectivity index (χ1n) is 6.85. The summed E-state index contributed by atoms with van der Waals surface area (Å²) in [7, 11) is 0. The highest BCUT2D eigenvalue weighted by Gasteiger charge is 2.13. The Bertz CT molecular complexity index is 807. The number of H-pyrrole nitrogens is 1. The second-order valence-electron chi connectivity index (χ2n) is 4.87. The Morgan fingerprint density at radius 2 is 2.05 bits per heavy atom. The summed E-state index contributed by atoms with van der Waals surface area (Å²) in [4.78, 5) is 15.6. The highest BCUT2D eigenvalue weighted by atomic mass is 79.9. The lowest BCUT2D eigenvalue weighted by Crippen LogP contribution is -2.11. The minimum absolute atomic E-state index is 0.114. The van der Waals surface area contributed by atoms with E-state index in [-0.39, 0.29) is 5.91 Å². The molecule has 0 aliphatic heterocycles. The second kappa shape index (κ2) is 5.74. The summed E-state index contributed by atoms with van der Waals surface area (Å²) in [5.74, 6) is -0.114. The zero-order valence-electron chi connectivity index (χ0n) is 11.6. The van der Waals surface area contributed by atoms with Gasteiger partial charge in [-0.05, 0) is 46.1 Å². The molecule has 0 bridgehead atoms. The van der Waals surface area contributed by atoms with E-state index >= 15 is 0 Å². The number of halogens is 1. The van der Waals surface area contributed by atoms with Crippen molar-refractivity contribution in [2.24, 2.45) is 0 Å². The molecule has 0 spiro atoms. The van der Waals surface area contributed by atoms with E-state index in [1.54, 1.807) is 6.20 Å². The highest BCUT2D eigenvalue weighted by Crippen LogP contribution is 2.25. The Balaban J connectivity index is 1.90. The van der Waals surface area contributed by atoms with Crippen molar-refractivity contribution in [3.8, 4) is 0 Å². The number of nitrogens with one attached hydrogen (secondary N) is 2. The quantitative estimate of drug-likeness (QED) is 0.709. The Hall–Kier alpha value is -2.07. The third-order valence-corrected chi connectivity index (χ3v) is 4.18. The number of rotatable bonds is 3. The van der Waals surface area contributed by atoms with Crippen LogP contribution < -0.4 is 5.32 Å². The minimum atomic E-state index is -0.114. The van der Waals surface area contributed by atoms with Crippen LogP contribution in [0.2, 0.25) is 0 Å². The third kappa shape index (κ3) is 2.72. The van der Waals surface area contributed by atoms with Crippen LogP contribution in [0.3, 0.4) is 0 Å². The molecule has 3 rings (SSSR count). The van der Waals surface area contributed by atoms with Gasteiger partial charge in [0.05, 0.1) is 11.3 Å². The maximum Gasteiger partial charge on any atom is 0.257 e. The van der Waals surface area contributed by atoms with Crippen LogP contribution >= 0.6 is 15.9 Å². The number of hydrogen-bond acceptors (Lipinski definition) is 1. The van der Waals surface area contributed by atoms with Gasteiger partial charge in [-0.25, -0.2) is 0 Å². The predicted octanol–water partition coefficient (Wildman–Crippen LogP) is 4.75. The van der Waals surface area contributed by atoms with E-state index in [0.29, 0.717) is 5.56 Å². The maximum absolute atomic E-state index is 12.4. The molecule has 0 radical (unpaired) electrons. The zero-order chi connectivity index (χ0) is 14.8. The Morgan fingerprint density at radius 1 is 1.24 bits per heavy atom. The van der Waals surface area contributed by atoms with Crippen LogP contribution in [-0.2, 0) is 6.42 Å². The average molecular weight is 343 g/mol. The summed E-state index contributed by atoms with van der Waals surface area (Å²) in [6.45, 7) is 2.10. The van der Waals surface area contributed by atoms with Gasteiger partial charge < -0.3 is 10.3 Å². The summed E-state index contributed by atoms with van der Waals surface area (Å²) < 4.78 is 0.898. The molecule has 0 aliphatic rings. The fourth-order valence-corrected chi connectivity index (χ4v) is 2.85. The molecule has 4 heteroatoms. The van der Waals surface area contributed by atoms with Gasteiger partial charge in [0.15, 0.2) is 0 Å². The summed E-state index contributed by atoms with van der Waals surface area (Å²) in [5.41, 5.74) is 3.62. The predicted molar refractivity (Wildman–Crippen MR) is 89.8 cm³/mol. The van der Waals surface area contributed by atoms with Crippen molar-refractivity contribution >= 4 is 38.4 Å². The number of carbonyl (C=O) groups is 1. The third-order valence-electron chi connectivity index (χ3n) is 3.52. The first kappa shape index (κ1) is 13.9. The van der Waals surface area contributed by atoms with Crippen molar-refractivity contribution in [1.29, 1.82) is 0 Å². The maximum atomic E-state index is 12.4. The van der Waals surface area contributed by atoms with Crippen LogP contribution in [0.4, 0.5) is 5.69 Å². The van der Waals surface area contributed by atoms with E-state index in [0.717, 1.165) is 27.5 Å². The van der Waals surface area contributed by atoms with Gasteiger partial charge in [-0.1, -0.05) is 31.2 Å². The van der Waals surface area contributed by atoms with Crippen LogP contribution in [0.5, 0.6) is 0 Å². The number of amides is 1. The standard InChI is InChI=1S/C17H15BrN2O/c1-2-11-7-8-16(14(18)9-11)20-17(21)13-10-19-15-6-4-3-5-12(13)15/h3-10,19H,2H2,1H3,(H,20,21). The number of carbonyl (C=O) groups excluding carboxylic acids is 1. The minimum Gasteiger partial charge on any atom is -0.360 e. The van der Waals surface area contributed by atoms with Gasteiger partial charge in [0, 0.05) is 21.6 Å². The zero-order valence-corrected chi connectivity index (χ0v) is 13.2. The Kier molecular flexibility index (Phi) is 3.80. The number of fused-ring (bicyclic) bond motifs is 1. The summed E-state index contributed by atoms with van der Waals surface area (Å²) in [6.07, 6.45) is 2.71. The number of aryl methyl sites for hydroxylation is 1. The number of para-hydroxylation sites is 1. The second-order valence-corrected chi connectivity index (χ2v) is 5.72. The Labute approximate surface area is 131 Å².